The summed E-state index contributed by atoms with van der Waals surface area (Å²) in [6.45, 7) is 6.41. The van der Waals surface area contributed by atoms with Gasteiger partial charge in [-0.3, -0.25) is 4.79 Å². The fraction of sp³-hybridized carbons (Fsp3) is 0.375. The Hall–Kier alpha value is -2.86. The molecule has 5 nitrogen and oxygen atoms in total. The topological polar surface area (TPSA) is 51.4 Å². The van der Waals surface area contributed by atoms with Gasteiger partial charge >= 0.3 is 0 Å². The summed E-state index contributed by atoms with van der Waals surface area (Å²) in [6.07, 6.45) is 2.43. The van der Waals surface area contributed by atoms with Crippen LogP contribution in [0.4, 0.5) is 15.8 Å². The van der Waals surface area contributed by atoms with E-state index in [0.717, 1.165) is 30.0 Å². The third-order valence-corrected chi connectivity index (χ3v) is 6.70. The van der Waals surface area contributed by atoms with Gasteiger partial charge in [-0.05, 0) is 68.1 Å². The molecule has 0 radical (unpaired) electrons. The second-order valence-corrected chi connectivity index (χ2v) is 9.00. The Labute approximate surface area is 175 Å². The lowest BCUT2D eigenvalue weighted by molar-refractivity contribution is 0.00132. The number of hydrogen-bond acceptors (Lipinski definition) is 3. The lowest BCUT2D eigenvalue weighted by Gasteiger charge is -2.53. The molecular weight excluding hydrogens is 379 g/mol. The van der Waals surface area contributed by atoms with Crippen molar-refractivity contribution in [2.24, 2.45) is 5.41 Å². The highest BCUT2D eigenvalue weighted by atomic mass is 19.1. The van der Waals surface area contributed by atoms with Crippen LogP contribution in [-0.4, -0.2) is 49.0 Å². The van der Waals surface area contributed by atoms with Gasteiger partial charge < -0.3 is 20.1 Å². The molecule has 2 fully saturated rings. The van der Waals surface area contributed by atoms with Crippen LogP contribution >= 0.6 is 0 Å². The van der Waals surface area contributed by atoms with Crippen molar-refractivity contribution in [1.29, 1.82) is 0 Å². The van der Waals surface area contributed by atoms with E-state index in [1.165, 1.54) is 32.0 Å². The summed E-state index contributed by atoms with van der Waals surface area (Å²) < 4.78 is 14.1. The van der Waals surface area contributed by atoms with Gasteiger partial charge in [0.05, 0.1) is 5.52 Å². The highest BCUT2D eigenvalue weighted by molar-refractivity contribution is 6.06. The van der Waals surface area contributed by atoms with Crippen LogP contribution in [0, 0.1) is 18.2 Å². The molecule has 2 aliphatic heterocycles. The molecule has 2 N–H and O–H groups in total. The number of nitrogens with one attached hydrogen (secondary N) is 2. The second kappa shape index (κ2) is 7.13. The number of halogens is 1. The van der Waals surface area contributed by atoms with Crippen molar-refractivity contribution in [2.75, 3.05) is 43.4 Å². The SMILES string of the molecule is Cc1ccc(F)c2cc(C(=O)Nc3cccc(N4CCC5(CC4)CN(C)C5)c3)[nH]c12. The summed E-state index contributed by atoms with van der Waals surface area (Å²) in [4.78, 5) is 20.6. The van der Waals surface area contributed by atoms with Crippen LogP contribution in [0.2, 0.25) is 0 Å². The van der Waals surface area contributed by atoms with Gasteiger partial charge in [-0.25, -0.2) is 4.39 Å². The zero-order valence-corrected chi connectivity index (χ0v) is 17.5. The molecule has 1 aromatic heterocycles. The van der Waals surface area contributed by atoms with E-state index in [-0.39, 0.29) is 11.7 Å². The van der Waals surface area contributed by atoms with Gasteiger partial charge in [0, 0.05) is 42.9 Å². The molecule has 0 unspecified atom stereocenters. The molecule has 5 rings (SSSR count). The average molecular weight is 407 g/mol. The van der Waals surface area contributed by atoms with Crippen molar-refractivity contribution in [1.82, 2.24) is 9.88 Å². The maximum absolute atomic E-state index is 14.1. The van der Waals surface area contributed by atoms with E-state index in [1.54, 1.807) is 12.1 Å². The van der Waals surface area contributed by atoms with E-state index in [0.29, 0.717) is 22.0 Å². The number of H-pyrrole nitrogens is 1. The van der Waals surface area contributed by atoms with Crippen LogP contribution < -0.4 is 10.2 Å². The number of piperidine rings is 1. The van der Waals surface area contributed by atoms with Crippen molar-refractivity contribution in [3.8, 4) is 0 Å². The number of anilines is 2. The number of aromatic amines is 1. The van der Waals surface area contributed by atoms with Crippen LogP contribution in [0.5, 0.6) is 0 Å². The van der Waals surface area contributed by atoms with Crippen LogP contribution in [-0.2, 0) is 0 Å². The fourth-order valence-corrected chi connectivity index (χ4v) is 5.08. The minimum atomic E-state index is -0.326. The summed E-state index contributed by atoms with van der Waals surface area (Å²) in [5.74, 6) is -0.592. The molecule has 30 heavy (non-hydrogen) atoms. The number of likely N-dealkylation sites (tertiary alicyclic amines) is 1. The van der Waals surface area contributed by atoms with E-state index < -0.39 is 0 Å². The standard InChI is InChI=1S/C24H27FN4O/c1-16-6-7-20(25)19-13-21(27-22(16)19)23(30)26-17-4-3-5-18(12-17)29-10-8-24(9-11-29)14-28(2)15-24/h3-7,12-13,27H,8-11,14-15H2,1-2H3,(H,26,30). The number of aromatic nitrogens is 1. The number of amides is 1. The Bertz CT molecular complexity index is 1070. The maximum Gasteiger partial charge on any atom is 0.272 e. The van der Waals surface area contributed by atoms with Gasteiger partial charge in [-0.2, -0.15) is 0 Å². The fourth-order valence-electron chi connectivity index (χ4n) is 5.08. The number of fused-ring (bicyclic) bond motifs is 1. The van der Waals surface area contributed by atoms with Gasteiger partial charge in [-0.1, -0.05) is 12.1 Å². The second-order valence-electron chi connectivity index (χ2n) is 9.00. The van der Waals surface area contributed by atoms with E-state index in [2.05, 4.69) is 33.2 Å². The lowest BCUT2D eigenvalue weighted by atomic mass is 9.72. The Morgan fingerprint density at radius 3 is 2.60 bits per heavy atom. The first-order chi connectivity index (χ1) is 14.4. The summed E-state index contributed by atoms with van der Waals surface area (Å²) in [5, 5.41) is 3.40. The average Bonchev–Trinajstić information content (AvgIpc) is 3.18. The Kier molecular flexibility index (Phi) is 4.54. The normalized spacial score (nSPS) is 18.6. The Balaban J connectivity index is 1.30. The van der Waals surface area contributed by atoms with Crippen molar-refractivity contribution in [2.45, 2.75) is 19.8 Å². The molecule has 1 spiro atoms. The van der Waals surface area contributed by atoms with E-state index in [9.17, 15) is 9.18 Å². The summed E-state index contributed by atoms with van der Waals surface area (Å²) in [5.41, 5.74) is 4.33. The zero-order chi connectivity index (χ0) is 20.9. The first kappa shape index (κ1) is 19.1. The molecule has 0 aliphatic carbocycles. The van der Waals surface area contributed by atoms with Gasteiger partial charge in [-0.15, -0.1) is 0 Å². The Morgan fingerprint density at radius 2 is 1.90 bits per heavy atom. The number of carbonyl (C=O) groups excluding carboxylic acids is 1. The molecule has 3 aromatic rings. The van der Waals surface area contributed by atoms with Crippen molar-refractivity contribution in [3.05, 3.63) is 59.5 Å². The van der Waals surface area contributed by atoms with Crippen molar-refractivity contribution in [3.63, 3.8) is 0 Å². The quantitative estimate of drug-likeness (QED) is 0.678. The first-order valence-electron chi connectivity index (χ1n) is 10.6. The minimum Gasteiger partial charge on any atom is -0.371 e. The zero-order valence-electron chi connectivity index (χ0n) is 17.5. The number of benzene rings is 2. The van der Waals surface area contributed by atoms with Gasteiger partial charge in [0.1, 0.15) is 11.5 Å². The molecular formula is C24H27FN4O. The van der Waals surface area contributed by atoms with Crippen LogP contribution in [0.15, 0.2) is 42.5 Å². The van der Waals surface area contributed by atoms with Crippen LogP contribution in [0.3, 0.4) is 0 Å². The molecule has 6 heteroatoms. The van der Waals surface area contributed by atoms with Crippen molar-refractivity contribution >= 4 is 28.2 Å². The third-order valence-electron chi connectivity index (χ3n) is 6.70. The summed E-state index contributed by atoms with van der Waals surface area (Å²) in [7, 11) is 2.19. The number of nitrogens with zero attached hydrogens (tertiary/aromatic N) is 2. The predicted octanol–water partition coefficient (Wildman–Crippen LogP) is 4.40. The molecule has 0 bridgehead atoms. The monoisotopic (exact) mass is 406 g/mol. The van der Waals surface area contributed by atoms with Gasteiger partial charge in [0.25, 0.3) is 5.91 Å². The minimum absolute atomic E-state index is 0.266. The summed E-state index contributed by atoms with van der Waals surface area (Å²) in [6, 6.07) is 12.7. The van der Waals surface area contributed by atoms with E-state index in [1.807, 2.05) is 25.1 Å². The maximum atomic E-state index is 14.1. The molecule has 3 heterocycles. The molecule has 2 aromatic carbocycles. The molecule has 2 aliphatic rings. The first-order valence-corrected chi connectivity index (χ1v) is 10.6. The van der Waals surface area contributed by atoms with Crippen LogP contribution in [0.25, 0.3) is 10.9 Å². The third kappa shape index (κ3) is 3.35. The predicted molar refractivity (Wildman–Crippen MR) is 119 cm³/mol. The Morgan fingerprint density at radius 1 is 1.13 bits per heavy atom. The van der Waals surface area contributed by atoms with E-state index in [4.69, 9.17) is 0 Å². The largest absolute Gasteiger partial charge is 0.371 e. The number of aryl methyl sites for hydroxylation is 1. The highest BCUT2D eigenvalue weighted by Crippen LogP contribution is 2.40. The van der Waals surface area contributed by atoms with Crippen molar-refractivity contribution < 1.29 is 9.18 Å². The molecule has 0 saturated carbocycles. The van der Waals surface area contributed by atoms with Gasteiger partial charge in [0.15, 0.2) is 0 Å². The molecule has 0 atom stereocenters. The van der Waals surface area contributed by atoms with Gasteiger partial charge in [0.2, 0.25) is 0 Å². The number of rotatable bonds is 3. The number of hydrogen-bond donors (Lipinski definition) is 2. The van der Waals surface area contributed by atoms with E-state index >= 15 is 0 Å². The highest BCUT2D eigenvalue weighted by Gasteiger charge is 2.43. The smallest absolute Gasteiger partial charge is 0.272 e. The molecule has 2 saturated heterocycles. The molecule has 1 amide bonds. The number of carbonyl (C=O) groups is 1. The van der Waals surface area contributed by atoms with Crippen LogP contribution in [0.1, 0.15) is 28.9 Å². The molecule has 156 valence electrons. The summed E-state index contributed by atoms with van der Waals surface area (Å²) >= 11 is 0. The lowest BCUT2D eigenvalue weighted by Crippen LogP contribution is -2.58.